The molecule has 0 radical (unpaired) electrons. The molecule has 1 aliphatic rings. The van der Waals surface area contributed by atoms with Crippen LogP contribution in [0.4, 0.5) is 0 Å². The number of hydrogen-bond donors (Lipinski definition) is 1. The van der Waals surface area contributed by atoms with Crippen LogP contribution in [0.1, 0.15) is 30.1 Å². The smallest absolute Gasteiger partial charge is 0.254 e. The van der Waals surface area contributed by atoms with Crippen LogP contribution in [0.5, 0.6) is 0 Å². The van der Waals surface area contributed by atoms with Crippen LogP contribution in [0, 0.1) is 0 Å². The van der Waals surface area contributed by atoms with Gasteiger partial charge in [-0.2, -0.15) is 5.10 Å². The minimum absolute atomic E-state index is 0.0268. The van der Waals surface area contributed by atoms with E-state index in [1.165, 1.54) is 12.8 Å². The van der Waals surface area contributed by atoms with Gasteiger partial charge in [0, 0.05) is 25.8 Å². The summed E-state index contributed by atoms with van der Waals surface area (Å²) in [5.41, 5.74) is 0.633. The van der Waals surface area contributed by atoms with Crippen molar-refractivity contribution in [1.82, 2.24) is 20.0 Å². The zero-order valence-corrected chi connectivity index (χ0v) is 10.5. The van der Waals surface area contributed by atoms with Crippen LogP contribution in [-0.4, -0.2) is 46.3 Å². The van der Waals surface area contributed by atoms with Gasteiger partial charge >= 0.3 is 0 Å². The molecule has 1 aromatic heterocycles. The lowest BCUT2D eigenvalue weighted by Crippen LogP contribution is -2.39. The van der Waals surface area contributed by atoms with Crippen LogP contribution in [0.2, 0.25) is 0 Å². The minimum atomic E-state index is -0.0268. The topological polar surface area (TPSA) is 50.2 Å². The van der Waals surface area contributed by atoms with Gasteiger partial charge in [0.05, 0.1) is 11.8 Å². The van der Waals surface area contributed by atoms with Crippen LogP contribution in [0.25, 0.3) is 0 Å². The Bertz CT molecular complexity index is 388. The summed E-state index contributed by atoms with van der Waals surface area (Å²) < 4.78 is 1.64. The molecule has 1 aliphatic heterocycles. The minimum Gasteiger partial charge on any atom is -0.350 e. The molecule has 0 aliphatic carbocycles. The zero-order chi connectivity index (χ0) is 12.3. The van der Waals surface area contributed by atoms with Crippen molar-refractivity contribution in [2.75, 3.05) is 19.6 Å². The molecule has 1 unspecified atom stereocenters. The first-order chi connectivity index (χ1) is 8.20. The number of nitrogens with one attached hydrogen (secondary N) is 1. The van der Waals surface area contributed by atoms with E-state index in [4.69, 9.17) is 0 Å². The molecular formula is C12H20N4O. The van der Waals surface area contributed by atoms with Crippen LogP contribution < -0.4 is 5.32 Å². The highest BCUT2D eigenvalue weighted by molar-refractivity contribution is 5.93. The molecule has 1 fully saturated rings. The average Bonchev–Trinajstić information content (AvgIpc) is 2.94. The molecule has 17 heavy (non-hydrogen) atoms. The standard InChI is InChI=1S/C12H20N4O/c1-3-16-6-4-5-11(16)8-13-12(17)10-7-14-15(2)9-10/h7,9,11H,3-6,8H2,1-2H3,(H,13,17). The fourth-order valence-electron chi connectivity index (χ4n) is 2.39. The lowest BCUT2D eigenvalue weighted by atomic mass is 10.2. The molecule has 0 bridgehead atoms. The SMILES string of the molecule is CCN1CCCC1CNC(=O)c1cnn(C)c1. The molecule has 0 spiro atoms. The maximum absolute atomic E-state index is 11.8. The van der Waals surface area contributed by atoms with Crippen molar-refractivity contribution < 1.29 is 4.79 Å². The van der Waals surface area contributed by atoms with E-state index in [0.29, 0.717) is 11.6 Å². The Balaban J connectivity index is 1.84. The summed E-state index contributed by atoms with van der Waals surface area (Å²) in [4.78, 5) is 14.2. The van der Waals surface area contributed by atoms with Gasteiger partial charge in [-0.1, -0.05) is 6.92 Å². The third kappa shape index (κ3) is 2.85. The number of likely N-dealkylation sites (N-methyl/N-ethyl adjacent to an activating group) is 1. The Labute approximate surface area is 102 Å². The normalized spacial score (nSPS) is 20.7. The maximum atomic E-state index is 11.8. The van der Waals surface area contributed by atoms with Gasteiger partial charge in [-0.05, 0) is 25.9 Å². The fourth-order valence-corrected chi connectivity index (χ4v) is 2.39. The Morgan fingerprint density at radius 2 is 2.47 bits per heavy atom. The van der Waals surface area contributed by atoms with Crippen molar-refractivity contribution >= 4 is 5.91 Å². The second-order valence-electron chi connectivity index (χ2n) is 4.54. The Hall–Kier alpha value is -1.36. The summed E-state index contributed by atoms with van der Waals surface area (Å²) in [6.07, 6.45) is 5.76. The van der Waals surface area contributed by atoms with Crippen LogP contribution >= 0.6 is 0 Å². The quantitative estimate of drug-likeness (QED) is 0.834. The fraction of sp³-hybridized carbons (Fsp3) is 0.667. The van der Waals surface area contributed by atoms with Crippen molar-refractivity contribution in [3.8, 4) is 0 Å². The summed E-state index contributed by atoms with van der Waals surface area (Å²) in [5, 5.41) is 6.98. The third-order valence-electron chi connectivity index (χ3n) is 3.37. The summed E-state index contributed by atoms with van der Waals surface area (Å²) in [7, 11) is 1.81. The van der Waals surface area contributed by atoms with Crippen molar-refractivity contribution in [1.29, 1.82) is 0 Å². The van der Waals surface area contributed by atoms with E-state index in [1.807, 2.05) is 7.05 Å². The predicted octanol–water partition coefficient (Wildman–Crippen LogP) is 0.634. The van der Waals surface area contributed by atoms with Crippen molar-refractivity contribution in [3.63, 3.8) is 0 Å². The van der Waals surface area contributed by atoms with Gasteiger partial charge in [0.15, 0.2) is 0 Å². The van der Waals surface area contributed by atoms with Gasteiger partial charge in [-0.3, -0.25) is 14.4 Å². The van der Waals surface area contributed by atoms with Crippen molar-refractivity contribution in [2.24, 2.45) is 7.05 Å². The van der Waals surface area contributed by atoms with E-state index in [-0.39, 0.29) is 5.91 Å². The average molecular weight is 236 g/mol. The zero-order valence-electron chi connectivity index (χ0n) is 10.5. The highest BCUT2D eigenvalue weighted by atomic mass is 16.1. The molecule has 1 aromatic rings. The molecule has 1 amide bonds. The van der Waals surface area contributed by atoms with Crippen LogP contribution in [0.15, 0.2) is 12.4 Å². The number of amides is 1. The van der Waals surface area contributed by atoms with Gasteiger partial charge in [-0.25, -0.2) is 0 Å². The van der Waals surface area contributed by atoms with Crippen molar-refractivity contribution in [2.45, 2.75) is 25.8 Å². The van der Waals surface area contributed by atoms with E-state index < -0.39 is 0 Å². The van der Waals surface area contributed by atoms with Gasteiger partial charge < -0.3 is 5.32 Å². The van der Waals surface area contributed by atoms with Crippen LogP contribution in [-0.2, 0) is 7.05 Å². The predicted molar refractivity (Wildman–Crippen MR) is 65.8 cm³/mol. The van der Waals surface area contributed by atoms with Gasteiger partial charge in [-0.15, -0.1) is 0 Å². The summed E-state index contributed by atoms with van der Waals surface area (Å²) in [5.74, 6) is -0.0268. The van der Waals surface area contributed by atoms with E-state index in [2.05, 4.69) is 22.2 Å². The first kappa shape index (κ1) is 12.1. The lowest BCUT2D eigenvalue weighted by Gasteiger charge is -2.22. The molecule has 1 saturated heterocycles. The number of carbonyl (C=O) groups excluding carboxylic acids is 1. The van der Waals surface area contributed by atoms with Crippen LogP contribution in [0.3, 0.4) is 0 Å². The second kappa shape index (κ2) is 5.31. The molecular weight excluding hydrogens is 216 g/mol. The first-order valence-electron chi connectivity index (χ1n) is 6.21. The van der Waals surface area contributed by atoms with Gasteiger partial charge in [0.1, 0.15) is 0 Å². The second-order valence-corrected chi connectivity index (χ2v) is 4.54. The number of carbonyl (C=O) groups is 1. The molecule has 5 nitrogen and oxygen atoms in total. The Kier molecular flexibility index (Phi) is 3.78. The molecule has 2 heterocycles. The van der Waals surface area contributed by atoms with E-state index in [1.54, 1.807) is 17.1 Å². The number of nitrogens with zero attached hydrogens (tertiary/aromatic N) is 3. The molecule has 1 N–H and O–H groups in total. The number of hydrogen-bond acceptors (Lipinski definition) is 3. The van der Waals surface area contributed by atoms with E-state index in [9.17, 15) is 4.79 Å². The monoisotopic (exact) mass is 236 g/mol. The molecule has 94 valence electrons. The number of likely N-dealkylation sites (tertiary alicyclic amines) is 1. The molecule has 0 aromatic carbocycles. The molecule has 5 heteroatoms. The number of rotatable bonds is 4. The number of aromatic nitrogens is 2. The van der Waals surface area contributed by atoms with Gasteiger partial charge in [0.2, 0.25) is 0 Å². The number of aryl methyl sites for hydroxylation is 1. The summed E-state index contributed by atoms with van der Waals surface area (Å²) in [6.45, 7) is 5.13. The van der Waals surface area contributed by atoms with E-state index in [0.717, 1.165) is 19.6 Å². The van der Waals surface area contributed by atoms with E-state index >= 15 is 0 Å². The Morgan fingerprint density at radius 1 is 1.65 bits per heavy atom. The largest absolute Gasteiger partial charge is 0.350 e. The lowest BCUT2D eigenvalue weighted by molar-refractivity contribution is 0.0941. The molecule has 1 atom stereocenters. The third-order valence-corrected chi connectivity index (χ3v) is 3.37. The van der Waals surface area contributed by atoms with Crippen molar-refractivity contribution in [3.05, 3.63) is 18.0 Å². The molecule has 2 rings (SSSR count). The summed E-state index contributed by atoms with van der Waals surface area (Å²) in [6, 6.07) is 0.501. The highest BCUT2D eigenvalue weighted by Crippen LogP contribution is 2.15. The Morgan fingerprint density at radius 3 is 3.12 bits per heavy atom. The van der Waals surface area contributed by atoms with Gasteiger partial charge in [0.25, 0.3) is 5.91 Å². The molecule has 0 saturated carbocycles. The summed E-state index contributed by atoms with van der Waals surface area (Å²) >= 11 is 0. The highest BCUT2D eigenvalue weighted by Gasteiger charge is 2.23. The first-order valence-corrected chi connectivity index (χ1v) is 6.21. The maximum Gasteiger partial charge on any atom is 0.254 e.